The number of fused-ring (bicyclic) bond motifs is 1. The van der Waals surface area contributed by atoms with Gasteiger partial charge in [0.05, 0.1) is 30.6 Å². The van der Waals surface area contributed by atoms with E-state index < -0.39 is 0 Å². The van der Waals surface area contributed by atoms with Gasteiger partial charge in [-0.15, -0.1) is 0 Å². The van der Waals surface area contributed by atoms with E-state index in [0.717, 1.165) is 44.5 Å². The van der Waals surface area contributed by atoms with Crippen LogP contribution >= 0.6 is 0 Å². The van der Waals surface area contributed by atoms with E-state index in [-0.39, 0.29) is 24.4 Å². The van der Waals surface area contributed by atoms with Gasteiger partial charge in [-0.3, -0.25) is 9.58 Å². The Labute approximate surface area is 131 Å². The number of aliphatic hydroxyl groups excluding tert-OH is 2. The largest absolute Gasteiger partial charge is 0.394 e. The highest BCUT2D eigenvalue weighted by atomic mass is 16.5. The Morgan fingerprint density at radius 2 is 2.27 bits per heavy atom. The van der Waals surface area contributed by atoms with Gasteiger partial charge in [0.25, 0.3) is 0 Å². The van der Waals surface area contributed by atoms with E-state index in [4.69, 9.17) is 9.84 Å². The maximum atomic E-state index is 10.1. The molecule has 3 atom stereocenters. The number of aryl methyl sites for hydroxylation is 1. The average Bonchev–Trinajstić information content (AvgIpc) is 3.02. The summed E-state index contributed by atoms with van der Waals surface area (Å²) in [5, 5.41) is 23.5. The maximum Gasteiger partial charge on any atom is 0.0847 e. The van der Waals surface area contributed by atoms with E-state index in [1.807, 2.05) is 13.1 Å². The molecular formula is C16H27N3O3. The summed E-state index contributed by atoms with van der Waals surface area (Å²) < 4.78 is 7.69. The Balaban J connectivity index is 1.75. The molecule has 0 radical (unpaired) electrons. The van der Waals surface area contributed by atoms with E-state index in [9.17, 15) is 5.11 Å². The number of likely N-dealkylation sites (tertiary alicyclic amines) is 1. The normalized spacial score (nSPS) is 32.4. The van der Waals surface area contributed by atoms with Crippen LogP contribution in [0.5, 0.6) is 0 Å². The summed E-state index contributed by atoms with van der Waals surface area (Å²) in [6, 6.07) is 0.279. The van der Waals surface area contributed by atoms with Crippen molar-refractivity contribution in [2.24, 2.45) is 0 Å². The molecule has 0 aromatic carbocycles. The van der Waals surface area contributed by atoms with Gasteiger partial charge in [0.1, 0.15) is 0 Å². The molecule has 2 heterocycles. The first-order chi connectivity index (χ1) is 10.6. The van der Waals surface area contributed by atoms with Crippen molar-refractivity contribution in [1.29, 1.82) is 0 Å². The topological polar surface area (TPSA) is 70.8 Å². The van der Waals surface area contributed by atoms with Crippen molar-refractivity contribution in [3.63, 3.8) is 0 Å². The molecular weight excluding hydrogens is 282 g/mol. The number of rotatable bonds is 5. The van der Waals surface area contributed by atoms with E-state index in [1.54, 1.807) is 11.8 Å². The Morgan fingerprint density at radius 3 is 3.00 bits per heavy atom. The van der Waals surface area contributed by atoms with Gasteiger partial charge in [-0.2, -0.15) is 5.10 Å². The van der Waals surface area contributed by atoms with Crippen molar-refractivity contribution in [2.45, 2.75) is 63.4 Å². The summed E-state index contributed by atoms with van der Waals surface area (Å²) in [7, 11) is 1.80. The molecule has 1 aliphatic carbocycles. The van der Waals surface area contributed by atoms with Crippen molar-refractivity contribution in [3.05, 3.63) is 17.5 Å². The molecule has 0 bridgehead atoms. The zero-order valence-electron chi connectivity index (χ0n) is 13.5. The smallest absolute Gasteiger partial charge is 0.0847 e. The van der Waals surface area contributed by atoms with Crippen LogP contribution in [0.15, 0.2) is 6.20 Å². The third-order valence-electron chi connectivity index (χ3n) is 5.42. The second-order valence-corrected chi connectivity index (χ2v) is 6.66. The SMILES string of the molecule is CO[C@@]12CC[C@H](O)C[C@@H]1N(Cc1cn(CCO)nc1C)CC2. The Kier molecular flexibility index (Phi) is 4.54. The molecule has 3 rings (SSSR count). The summed E-state index contributed by atoms with van der Waals surface area (Å²) in [6.45, 7) is 4.48. The van der Waals surface area contributed by atoms with Crippen LogP contribution in [0.2, 0.25) is 0 Å². The fourth-order valence-electron chi connectivity index (χ4n) is 4.11. The first-order valence-electron chi connectivity index (χ1n) is 8.19. The van der Waals surface area contributed by atoms with E-state index in [0.29, 0.717) is 6.54 Å². The van der Waals surface area contributed by atoms with Gasteiger partial charge in [0, 0.05) is 38.0 Å². The van der Waals surface area contributed by atoms with Crippen LogP contribution < -0.4 is 0 Å². The van der Waals surface area contributed by atoms with E-state index in [1.165, 1.54) is 5.56 Å². The third-order valence-corrected chi connectivity index (χ3v) is 5.42. The van der Waals surface area contributed by atoms with Crippen LogP contribution in [0.4, 0.5) is 0 Å². The minimum atomic E-state index is -0.216. The highest BCUT2D eigenvalue weighted by Gasteiger charge is 2.50. The molecule has 1 saturated carbocycles. The lowest BCUT2D eigenvalue weighted by Gasteiger charge is -2.42. The number of hydrogen-bond donors (Lipinski definition) is 2. The maximum absolute atomic E-state index is 10.1. The first-order valence-corrected chi connectivity index (χ1v) is 8.19. The summed E-state index contributed by atoms with van der Waals surface area (Å²) in [4.78, 5) is 2.43. The van der Waals surface area contributed by atoms with Crippen LogP contribution in [0, 0.1) is 6.92 Å². The predicted octanol–water partition coefficient (Wildman–Crippen LogP) is 0.688. The summed E-state index contributed by atoms with van der Waals surface area (Å²) in [5.74, 6) is 0. The lowest BCUT2D eigenvalue weighted by molar-refractivity contribution is -0.0879. The first kappa shape index (κ1) is 15.9. The number of aromatic nitrogens is 2. The monoisotopic (exact) mass is 309 g/mol. The second-order valence-electron chi connectivity index (χ2n) is 6.66. The van der Waals surface area contributed by atoms with Gasteiger partial charge >= 0.3 is 0 Å². The van der Waals surface area contributed by atoms with Crippen molar-refractivity contribution in [2.75, 3.05) is 20.3 Å². The highest BCUT2D eigenvalue weighted by molar-refractivity contribution is 5.17. The highest BCUT2D eigenvalue weighted by Crippen LogP contribution is 2.43. The quantitative estimate of drug-likeness (QED) is 0.837. The van der Waals surface area contributed by atoms with Crippen molar-refractivity contribution >= 4 is 0 Å². The standard InChI is InChI=1S/C16H27N3O3/c1-12-13(11-19(17-12)7-8-20)10-18-6-5-16(22-2)4-3-14(21)9-15(16)18/h11,14-15,20-21H,3-10H2,1-2H3/t14-,15-,16+/m0/s1. The number of ether oxygens (including phenoxy) is 1. The number of nitrogens with zero attached hydrogens (tertiary/aromatic N) is 3. The summed E-state index contributed by atoms with van der Waals surface area (Å²) >= 11 is 0. The number of methoxy groups -OCH3 is 1. The molecule has 1 aromatic rings. The predicted molar refractivity (Wildman–Crippen MR) is 82.5 cm³/mol. The molecule has 124 valence electrons. The minimum Gasteiger partial charge on any atom is -0.394 e. The van der Waals surface area contributed by atoms with Gasteiger partial charge in [-0.25, -0.2) is 0 Å². The Hall–Kier alpha value is -0.950. The molecule has 2 fully saturated rings. The van der Waals surface area contributed by atoms with E-state index in [2.05, 4.69) is 10.00 Å². The number of aliphatic hydroxyl groups is 2. The van der Waals surface area contributed by atoms with Gasteiger partial charge < -0.3 is 14.9 Å². The molecule has 1 aliphatic heterocycles. The lowest BCUT2D eigenvalue weighted by Crippen LogP contribution is -2.51. The molecule has 22 heavy (non-hydrogen) atoms. The molecule has 6 nitrogen and oxygen atoms in total. The lowest BCUT2D eigenvalue weighted by atomic mass is 9.79. The Bertz CT molecular complexity index is 519. The molecule has 2 N–H and O–H groups in total. The third kappa shape index (κ3) is 2.80. The fraction of sp³-hybridized carbons (Fsp3) is 0.812. The zero-order valence-corrected chi connectivity index (χ0v) is 13.5. The van der Waals surface area contributed by atoms with Crippen LogP contribution in [-0.4, -0.2) is 62.9 Å². The van der Waals surface area contributed by atoms with E-state index >= 15 is 0 Å². The fourth-order valence-corrected chi connectivity index (χ4v) is 4.11. The molecule has 6 heteroatoms. The van der Waals surface area contributed by atoms with Crippen LogP contribution in [-0.2, 0) is 17.8 Å². The van der Waals surface area contributed by atoms with Crippen molar-refractivity contribution < 1.29 is 14.9 Å². The van der Waals surface area contributed by atoms with Crippen molar-refractivity contribution in [1.82, 2.24) is 14.7 Å². The van der Waals surface area contributed by atoms with Crippen molar-refractivity contribution in [3.8, 4) is 0 Å². The average molecular weight is 309 g/mol. The molecule has 0 unspecified atom stereocenters. The van der Waals surface area contributed by atoms with Gasteiger partial charge in [-0.05, 0) is 32.6 Å². The molecule has 1 aromatic heterocycles. The van der Waals surface area contributed by atoms with Crippen LogP contribution in [0.25, 0.3) is 0 Å². The molecule has 1 saturated heterocycles. The summed E-state index contributed by atoms with van der Waals surface area (Å²) in [5.41, 5.74) is 2.12. The summed E-state index contributed by atoms with van der Waals surface area (Å²) in [6.07, 6.45) is 5.41. The van der Waals surface area contributed by atoms with Gasteiger partial charge in [0.15, 0.2) is 0 Å². The number of hydrogen-bond acceptors (Lipinski definition) is 5. The van der Waals surface area contributed by atoms with Gasteiger partial charge in [0.2, 0.25) is 0 Å². The molecule has 2 aliphatic rings. The minimum absolute atomic E-state index is 0.0891. The van der Waals surface area contributed by atoms with Crippen LogP contribution in [0.1, 0.15) is 36.9 Å². The van der Waals surface area contributed by atoms with Gasteiger partial charge in [-0.1, -0.05) is 0 Å². The molecule has 0 amide bonds. The Morgan fingerprint density at radius 1 is 1.45 bits per heavy atom. The molecule has 0 spiro atoms. The second kappa shape index (κ2) is 6.28. The zero-order chi connectivity index (χ0) is 15.7. The van der Waals surface area contributed by atoms with Crippen LogP contribution in [0.3, 0.4) is 0 Å².